The van der Waals surface area contributed by atoms with Crippen molar-refractivity contribution < 1.29 is 37.3 Å². The summed E-state index contributed by atoms with van der Waals surface area (Å²) in [7, 11) is 1.20. The molecule has 0 aromatic heterocycles. The molecule has 9 nitrogen and oxygen atoms in total. The number of unbranched alkanes of at least 4 members (excludes halogenated alkanes) is 36. The molecule has 392 valence electrons. The molecule has 0 heterocycles. The van der Waals surface area contributed by atoms with E-state index in [1.807, 2.05) is 33.3 Å². The van der Waals surface area contributed by atoms with Gasteiger partial charge >= 0.3 is 5.97 Å². The Morgan fingerprint density at radius 3 is 1.24 bits per heavy atom. The van der Waals surface area contributed by atoms with Crippen LogP contribution in [0.3, 0.4) is 0 Å². The molecule has 3 atom stereocenters. The van der Waals surface area contributed by atoms with E-state index in [1.54, 1.807) is 0 Å². The summed E-state index contributed by atoms with van der Waals surface area (Å²) in [4.78, 5) is 39.8. The summed E-state index contributed by atoms with van der Waals surface area (Å²) >= 11 is 0. The molecule has 0 saturated heterocycles. The largest absolute Gasteiger partial charge is 0.756 e. The number of phosphoric ester groups is 1. The third-order valence-corrected chi connectivity index (χ3v) is 13.9. The Morgan fingerprint density at radius 1 is 0.515 bits per heavy atom. The highest BCUT2D eigenvalue weighted by atomic mass is 31.2. The standard InChI is InChI=1S/C56H111N2O7P/c1-7-10-13-16-19-22-25-28-31-33-36-39-42-45-48-55(59)57-53(52-64-66(61,62)63-51-50-58(4,5)6)54(47-44-41-38-35-32-29-26-23-20-17-14-11-8-2)65-56(60)49-46-43-40-37-34-30-27-24-21-18-15-12-9-3/h44,47,53-54H,7-43,45-46,48-52H2,1-6H3,(H-,57,59,61,62)/b47-44+. The first-order chi connectivity index (χ1) is 31.9. The number of carbonyl (C=O) groups is 2. The summed E-state index contributed by atoms with van der Waals surface area (Å²) in [6.45, 7) is 6.87. The van der Waals surface area contributed by atoms with Crippen molar-refractivity contribution in [3.63, 3.8) is 0 Å². The van der Waals surface area contributed by atoms with Crippen molar-refractivity contribution in [2.24, 2.45) is 0 Å². The molecule has 0 aliphatic heterocycles. The SMILES string of the molecule is CCCCCCCCCCCCC/C=C/C(OC(=O)CCCCCCCCCCCCCCC)C(COP(=O)([O-])OCC[N+](C)(C)C)NC(=O)CCCCCCCCCCCCCCCC. The van der Waals surface area contributed by atoms with Gasteiger partial charge in [0, 0.05) is 12.8 Å². The highest BCUT2D eigenvalue weighted by molar-refractivity contribution is 7.45. The van der Waals surface area contributed by atoms with Gasteiger partial charge in [-0.25, -0.2) is 0 Å². The van der Waals surface area contributed by atoms with E-state index in [4.69, 9.17) is 13.8 Å². The van der Waals surface area contributed by atoms with Crippen LogP contribution in [0.1, 0.15) is 284 Å². The van der Waals surface area contributed by atoms with E-state index in [-0.39, 0.29) is 31.5 Å². The van der Waals surface area contributed by atoms with Gasteiger partial charge in [-0.15, -0.1) is 0 Å². The van der Waals surface area contributed by atoms with Crippen LogP contribution < -0.4 is 10.2 Å². The zero-order chi connectivity index (χ0) is 48.7. The fourth-order valence-electron chi connectivity index (χ4n) is 8.52. The summed E-state index contributed by atoms with van der Waals surface area (Å²) in [5, 5.41) is 3.03. The van der Waals surface area contributed by atoms with Crippen LogP contribution in [-0.2, 0) is 27.9 Å². The zero-order valence-electron chi connectivity index (χ0n) is 44.7. The smallest absolute Gasteiger partial charge is 0.306 e. The molecule has 0 bridgehead atoms. The second-order valence-electron chi connectivity index (χ2n) is 20.8. The highest BCUT2D eigenvalue weighted by Gasteiger charge is 2.27. The van der Waals surface area contributed by atoms with Crippen LogP contribution in [0, 0.1) is 0 Å². The molecule has 0 aromatic rings. The van der Waals surface area contributed by atoms with Gasteiger partial charge < -0.3 is 28.5 Å². The molecule has 1 amide bonds. The maximum atomic E-state index is 13.5. The average molecular weight is 955 g/mol. The summed E-state index contributed by atoms with van der Waals surface area (Å²) in [6, 6.07) is -0.877. The first-order valence-corrected chi connectivity index (χ1v) is 30.0. The topological polar surface area (TPSA) is 114 Å². The Bertz CT molecular complexity index is 1150. The van der Waals surface area contributed by atoms with Crippen LogP contribution in [0.15, 0.2) is 12.2 Å². The normalized spacial score (nSPS) is 13.9. The van der Waals surface area contributed by atoms with Crippen molar-refractivity contribution in [2.75, 3.05) is 40.9 Å². The van der Waals surface area contributed by atoms with E-state index in [2.05, 4.69) is 26.1 Å². The van der Waals surface area contributed by atoms with Gasteiger partial charge in [-0.3, -0.25) is 14.2 Å². The van der Waals surface area contributed by atoms with Gasteiger partial charge in [-0.1, -0.05) is 252 Å². The Labute approximate surface area is 410 Å². The highest BCUT2D eigenvalue weighted by Crippen LogP contribution is 2.38. The Kier molecular flexibility index (Phi) is 46.5. The maximum Gasteiger partial charge on any atom is 0.306 e. The van der Waals surface area contributed by atoms with Crippen LogP contribution in [0.5, 0.6) is 0 Å². The van der Waals surface area contributed by atoms with E-state index in [0.29, 0.717) is 17.4 Å². The van der Waals surface area contributed by atoms with Crippen molar-refractivity contribution in [1.29, 1.82) is 0 Å². The van der Waals surface area contributed by atoms with Crippen molar-refractivity contribution in [2.45, 2.75) is 296 Å². The number of hydrogen-bond donors (Lipinski definition) is 1. The van der Waals surface area contributed by atoms with Crippen molar-refractivity contribution in [3.05, 3.63) is 12.2 Å². The van der Waals surface area contributed by atoms with Gasteiger partial charge in [0.25, 0.3) is 7.82 Å². The number of nitrogens with zero attached hydrogens (tertiary/aromatic N) is 1. The fraction of sp³-hybridized carbons (Fsp3) is 0.929. The third kappa shape index (κ3) is 47.8. The number of hydrogen-bond acceptors (Lipinski definition) is 7. The monoisotopic (exact) mass is 955 g/mol. The first-order valence-electron chi connectivity index (χ1n) is 28.5. The second kappa shape index (κ2) is 47.4. The van der Waals surface area contributed by atoms with Crippen LogP contribution in [-0.4, -0.2) is 69.4 Å². The van der Waals surface area contributed by atoms with Crippen LogP contribution >= 0.6 is 7.82 Å². The minimum absolute atomic E-state index is 0.0170. The number of allylic oxidation sites excluding steroid dienone is 1. The second-order valence-corrected chi connectivity index (χ2v) is 22.2. The molecule has 0 radical (unpaired) electrons. The molecular formula is C56H111N2O7P. The van der Waals surface area contributed by atoms with Gasteiger partial charge in [0.1, 0.15) is 19.3 Å². The number of ether oxygens (including phenoxy) is 1. The number of carbonyl (C=O) groups excluding carboxylic acids is 2. The molecule has 66 heavy (non-hydrogen) atoms. The van der Waals surface area contributed by atoms with Crippen LogP contribution in [0.25, 0.3) is 0 Å². The Hall–Kier alpha value is -1.25. The van der Waals surface area contributed by atoms with Crippen LogP contribution in [0.2, 0.25) is 0 Å². The molecule has 0 fully saturated rings. The Morgan fingerprint density at radius 2 is 0.864 bits per heavy atom. The quantitative estimate of drug-likeness (QED) is 0.0212. The summed E-state index contributed by atoms with van der Waals surface area (Å²) < 4.78 is 30.2. The lowest BCUT2D eigenvalue weighted by molar-refractivity contribution is -0.870. The number of quaternary nitrogens is 1. The van der Waals surface area contributed by atoms with E-state index >= 15 is 0 Å². The summed E-state index contributed by atoms with van der Waals surface area (Å²) in [5.74, 6) is -0.524. The van der Waals surface area contributed by atoms with E-state index in [1.165, 1.54) is 193 Å². The maximum absolute atomic E-state index is 13.5. The average Bonchev–Trinajstić information content (AvgIpc) is 3.27. The molecule has 0 saturated carbocycles. The minimum Gasteiger partial charge on any atom is -0.756 e. The lowest BCUT2D eigenvalue weighted by Gasteiger charge is -2.30. The Balaban J connectivity index is 5.35. The molecule has 1 N–H and O–H groups in total. The molecule has 0 spiro atoms. The minimum atomic E-state index is -4.68. The zero-order valence-corrected chi connectivity index (χ0v) is 45.6. The molecule has 0 rings (SSSR count). The van der Waals surface area contributed by atoms with Gasteiger partial charge in [-0.05, 0) is 31.8 Å². The predicted molar refractivity (Wildman–Crippen MR) is 280 cm³/mol. The molecule has 0 aliphatic rings. The van der Waals surface area contributed by atoms with Gasteiger partial charge in [0.2, 0.25) is 5.91 Å². The van der Waals surface area contributed by atoms with Crippen LogP contribution in [0.4, 0.5) is 0 Å². The van der Waals surface area contributed by atoms with Crippen molar-refractivity contribution in [3.8, 4) is 0 Å². The predicted octanol–water partition coefficient (Wildman–Crippen LogP) is 16.2. The number of nitrogens with one attached hydrogen (secondary N) is 1. The van der Waals surface area contributed by atoms with Crippen molar-refractivity contribution >= 4 is 19.7 Å². The molecule has 10 heteroatoms. The number of phosphoric acid groups is 1. The molecule has 0 aliphatic carbocycles. The summed E-state index contributed by atoms with van der Waals surface area (Å²) in [5.41, 5.74) is 0. The van der Waals surface area contributed by atoms with Gasteiger partial charge in [-0.2, -0.15) is 0 Å². The fourth-order valence-corrected chi connectivity index (χ4v) is 9.25. The summed E-state index contributed by atoms with van der Waals surface area (Å²) in [6.07, 6.45) is 51.6. The van der Waals surface area contributed by atoms with Gasteiger partial charge in [0.15, 0.2) is 0 Å². The first kappa shape index (κ1) is 64.8. The van der Waals surface area contributed by atoms with Crippen molar-refractivity contribution in [1.82, 2.24) is 5.32 Å². The number of amides is 1. The third-order valence-electron chi connectivity index (χ3n) is 13.0. The lowest BCUT2D eigenvalue weighted by Crippen LogP contribution is -2.47. The van der Waals surface area contributed by atoms with E-state index < -0.39 is 20.0 Å². The molecular weight excluding hydrogens is 844 g/mol. The molecule has 3 unspecified atom stereocenters. The molecule has 0 aromatic carbocycles. The number of rotatable bonds is 52. The lowest BCUT2D eigenvalue weighted by atomic mass is 10.0. The number of esters is 1. The van der Waals surface area contributed by atoms with Gasteiger partial charge in [0.05, 0.1) is 33.8 Å². The number of likely N-dealkylation sites (N-methyl/N-ethyl adjacent to an activating group) is 1. The van der Waals surface area contributed by atoms with E-state index in [0.717, 1.165) is 57.8 Å². The van der Waals surface area contributed by atoms with E-state index in [9.17, 15) is 19.0 Å².